The second-order valence-corrected chi connectivity index (χ2v) is 6.28. The van der Waals surface area contributed by atoms with Crippen LogP contribution in [0.25, 0.3) is 10.8 Å². The Bertz CT molecular complexity index is 565. The van der Waals surface area contributed by atoms with Crippen LogP contribution in [0, 0.1) is 0 Å². The molecular weight excluding hydrogens is 236 g/mol. The monoisotopic (exact) mass is 258 g/mol. The Morgan fingerprint density at radius 1 is 1.16 bits per heavy atom. The summed E-state index contributed by atoms with van der Waals surface area (Å²) in [5, 5.41) is 16.2. The van der Waals surface area contributed by atoms with E-state index in [1.807, 2.05) is 37.4 Å². The Kier molecular flexibility index (Phi) is 3.61. The number of aromatic nitrogens is 1. The van der Waals surface area contributed by atoms with Gasteiger partial charge >= 0.3 is 0 Å². The first kappa shape index (κ1) is 14.0. The first-order chi connectivity index (χ1) is 8.80. The maximum absolute atomic E-state index is 10.8. The molecule has 1 aromatic carbocycles. The van der Waals surface area contributed by atoms with Gasteiger partial charge in [-0.15, -0.1) is 0 Å². The molecule has 0 saturated heterocycles. The zero-order valence-corrected chi connectivity index (χ0v) is 12.1. The van der Waals surface area contributed by atoms with E-state index in [9.17, 15) is 5.11 Å². The minimum Gasteiger partial charge on any atom is -0.384 e. The van der Waals surface area contributed by atoms with Crippen molar-refractivity contribution in [2.45, 2.75) is 38.8 Å². The fourth-order valence-electron chi connectivity index (χ4n) is 2.12. The maximum atomic E-state index is 10.8. The number of nitrogens with zero attached hydrogens (tertiary/aromatic N) is 1. The number of hydrogen-bond acceptors (Lipinski definition) is 3. The van der Waals surface area contributed by atoms with Crippen molar-refractivity contribution >= 4 is 10.8 Å². The summed E-state index contributed by atoms with van der Waals surface area (Å²) in [7, 11) is 0. The first-order valence-electron chi connectivity index (χ1n) is 6.60. The summed E-state index contributed by atoms with van der Waals surface area (Å²) in [4.78, 5) is 4.12. The number of pyridine rings is 1. The first-order valence-corrected chi connectivity index (χ1v) is 6.60. The SMILES string of the molecule is CC(C)(C)NCC(C)(O)c1cccc2cnccc12. The number of nitrogens with one attached hydrogen (secondary N) is 1. The molecule has 3 nitrogen and oxygen atoms in total. The second kappa shape index (κ2) is 4.91. The van der Waals surface area contributed by atoms with Crippen molar-refractivity contribution in [2.24, 2.45) is 0 Å². The summed E-state index contributed by atoms with van der Waals surface area (Å²) in [6, 6.07) is 7.91. The van der Waals surface area contributed by atoms with Gasteiger partial charge < -0.3 is 10.4 Å². The minimum absolute atomic E-state index is 0.0177. The lowest BCUT2D eigenvalue weighted by Gasteiger charge is -2.30. The van der Waals surface area contributed by atoms with Crippen molar-refractivity contribution in [1.29, 1.82) is 0 Å². The van der Waals surface area contributed by atoms with Crippen molar-refractivity contribution in [3.05, 3.63) is 42.2 Å². The van der Waals surface area contributed by atoms with Crippen molar-refractivity contribution in [3.8, 4) is 0 Å². The molecule has 3 heteroatoms. The van der Waals surface area contributed by atoms with E-state index >= 15 is 0 Å². The van der Waals surface area contributed by atoms with E-state index in [1.165, 1.54) is 0 Å². The van der Waals surface area contributed by atoms with Gasteiger partial charge in [-0.05, 0) is 44.7 Å². The van der Waals surface area contributed by atoms with Crippen LogP contribution in [0.3, 0.4) is 0 Å². The van der Waals surface area contributed by atoms with Gasteiger partial charge in [-0.25, -0.2) is 0 Å². The zero-order chi connectivity index (χ0) is 14.1. The summed E-state index contributed by atoms with van der Waals surface area (Å²) in [5.74, 6) is 0. The summed E-state index contributed by atoms with van der Waals surface area (Å²) in [5.41, 5.74) is 0.00808. The van der Waals surface area contributed by atoms with E-state index in [2.05, 4.69) is 31.1 Å². The van der Waals surface area contributed by atoms with Crippen LogP contribution >= 0.6 is 0 Å². The van der Waals surface area contributed by atoms with Gasteiger partial charge in [0, 0.05) is 29.9 Å². The van der Waals surface area contributed by atoms with Crippen LogP contribution in [-0.2, 0) is 5.60 Å². The highest BCUT2D eigenvalue weighted by Crippen LogP contribution is 2.28. The third kappa shape index (κ3) is 3.31. The van der Waals surface area contributed by atoms with E-state index in [1.54, 1.807) is 6.20 Å². The van der Waals surface area contributed by atoms with Gasteiger partial charge in [0.2, 0.25) is 0 Å². The molecule has 0 aliphatic rings. The number of hydrogen-bond donors (Lipinski definition) is 2. The van der Waals surface area contributed by atoms with E-state index in [0.29, 0.717) is 6.54 Å². The molecule has 1 atom stereocenters. The molecule has 0 fully saturated rings. The molecule has 19 heavy (non-hydrogen) atoms. The molecule has 2 rings (SSSR count). The van der Waals surface area contributed by atoms with E-state index < -0.39 is 5.60 Å². The zero-order valence-electron chi connectivity index (χ0n) is 12.1. The topological polar surface area (TPSA) is 45.1 Å². The van der Waals surface area contributed by atoms with Crippen LogP contribution in [0.5, 0.6) is 0 Å². The molecule has 0 spiro atoms. The fourth-order valence-corrected chi connectivity index (χ4v) is 2.12. The summed E-state index contributed by atoms with van der Waals surface area (Å²) < 4.78 is 0. The van der Waals surface area contributed by atoms with Crippen LogP contribution in [0.15, 0.2) is 36.7 Å². The maximum Gasteiger partial charge on any atom is 0.0998 e. The number of benzene rings is 1. The Morgan fingerprint density at radius 2 is 1.89 bits per heavy atom. The highest BCUT2D eigenvalue weighted by molar-refractivity contribution is 5.85. The molecule has 1 heterocycles. The largest absolute Gasteiger partial charge is 0.384 e. The van der Waals surface area contributed by atoms with E-state index in [-0.39, 0.29) is 5.54 Å². The molecule has 1 aromatic heterocycles. The molecule has 0 aliphatic carbocycles. The average molecular weight is 258 g/mol. The highest BCUT2D eigenvalue weighted by Gasteiger charge is 2.26. The molecule has 1 unspecified atom stereocenters. The average Bonchev–Trinajstić information content (AvgIpc) is 2.35. The van der Waals surface area contributed by atoms with Crippen LogP contribution < -0.4 is 5.32 Å². The molecule has 102 valence electrons. The minimum atomic E-state index is -0.909. The van der Waals surface area contributed by atoms with Gasteiger partial charge in [0.25, 0.3) is 0 Å². The highest BCUT2D eigenvalue weighted by atomic mass is 16.3. The summed E-state index contributed by atoms with van der Waals surface area (Å²) in [6.45, 7) is 8.64. The molecule has 0 saturated carbocycles. The number of fused-ring (bicyclic) bond motifs is 1. The number of aliphatic hydroxyl groups is 1. The van der Waals surface area contributed by atoms with Gasteiger partial charge in [0.15, 0.2) is 0 Å². The molecule has 2 N–H and O–H groups in total. The molecule has 2 aromatic rings. The standard InChI is InChI=1S/C16H22N2O/c1-15(2,3)18-11-16(4,19)14-7-5-6-12-10-17-9-8-13(12)14/h5-10,18-19H,11H2,1-4H3. The predicted molar refractivity (Wildman–Crippen MR) is 79.1 cm³/mol. The molecule has 0 aliphatic heterocycles. The quantitative estimate of drug-likeness (QED) is 0.890. The van der Waals surface area contributed by atoms with Gasteiger partial charge in [-0.2, -0.15) is 0 Å². The Hall–Kier alpha value is -1.45. The molecule has 0 amide bonds. The van der Waals surface area contributed by atoms with Gasteiger partial charge in [0.05, 0.1) is 5.60 Å². The normalized spacial score (nSPS) is 15.4. The Balaban J connectivity index is 2.37. The van der Waals surface area contributed by atoms with Crippen LogP contribution in [0.1, 0.15) is 33.3 Å². The Morgan fingerprint density at radius 3 is 2.58 bits per heavy atom. The van der Waals surface area contributed by atoms with Crippen molar-refractivity contribution in [1.82, 2.24) is 10.3 Å². The summed E-state index contributed by atoms with van der Waals surface area (Å²) >= 11 is 0. The third-order valence-electron chi connectivity index (χ3n) is 3.22. The van der Waals surface area contributed by atoms with E-state index in [0.717, 1.165) is 16.3 Å². The number of rotatable bonds is 3. The molecular formula is C16H22N2O. The summed E-state index contributed by atoms with van der Waals surface area (Å²) in [6.07, 6.45) is 3.59. The van der Waals surface area contributed by atoms with Crippen molar-refractivity contribution in [3.63, 3.8) is 0 Å². The van der Waals surface area contributed by atoms with E-state index in [4.69, 9.17) is 0 Å². The Labute approximate surface area is 114 Å². The van der Waals surface area contributed by atoms with Crippen LogP contribution in [-0.4, -0.2) is 22.2 Å². The predicted octanol–water partition coefficient (Wildman–Crippen LogP) is 2.83. The van der Waals surface area contributed by atoms with Gasteiger partial charge in [-0.1, -0.05) is 18.2 Å². The lowest BCUT2D eigenvalue weighted by molar-refractivity contribution is 0.0516. The van der Waals surface area contributed by atoms with Gasteiger partial charge in [-0.3, -0.25) is 4.98 Å². The fraction of sp³-hybridized carbons (Fsp3) is 0.438. The van der Waals surface area contributed by atoms with Gasteiger partial charge in [0.1, 0.15) is 0 Å². The van der Waals surface area contributed by atoms with Crippen LogP contribution in [0.2, 0.25) is 0 Å². The third-order valence-corrected chi connectivity index (χ3v) is 3.22. The smallest absolute Gasteiger partial charge is 0.0998 e. The lowest BCUT2D eigenvalue weighted by Crippen LogP contribution is -2.44. The van der Waals surface area contributed by atoms with Crippen molar-refractivity contribution < 1.29 is 5.11 Å². The molecule has 0 radical (unpaired) electrons. The van der Waals surface area contributed by atoms with Crippen LogP contribution in [0.4, 0.5) is 0 Å². The second-order valence-electron chi connectivity index (χ2n) is 6.28. The van der Waals surface area contributed by atoms with Crippen molar-refractivity contribution in [2.75, 3.05) is 6.54 Å². The molecule has 0 bridgehead atoms. The number of β-amino-alcohol motifs (C(OH)–C–C–N with tert-alkyl or cyclic N) is 1. The lowest BCUT2D eigenvalue weighted by atomic mass is 9.90.